The summed E-state index contributed by atoms with van der Waals surface area (Å²) in [6, 6.07) is -0.166. The second kappa shape index (κ2) is 6.36. The predicted octanol–water partition coefficient (Wildman–Crippen LogP) is 0.728. The van der Waals surface area contributed by atoms with Gasteiger partial charge in [-0.25, -0.2) is 9.97 Å². The van der Waals surface area contributed by atoms with Crippen molar-refractivity contribution >= 4 is 11.6 Å². The Balaban J connectivity index is 2.35. The van der Waals surface area contributed by atoms with E-state index in [4.69, 9.17) is 5.84 Å². The van der Waals surface area contributed by atoms with E-state index in [-0.39, 0.29) is 36.1 Å². The Morgan fingerprint density at radius 3 is 2.90 bits per heavy atom. The van der Waals surface area contributed by atoms with Crippen molar-refractivity contribution in [2.24, 2.45) is 11.8 Å². The van der Waals surface area contributed by atoms with Crippen molar-refractivity contribution in [3.05, 3.63) is 17.7 Å². The third-order valence-corrected chi connectivity index (χ3v) is 4.01. The van der Waals surface area contributed by atoms with E-state index in [2.05, 4.69) is 15.4 Å². The Hall–Kier alpha value is -1.73. The van der Waals surface area contributed by atoms with E-state index in [1.165, 1.54) is 6.20 Å². The average Bonchev–Trinajstić information content (AvgIpc) is 2.86. The summed E-state index contributed by atoms with van der Waals surface area (Å²) in [7, 11) is 0. The van der Waals surface area contributed by atoms with Crippen LogP contribution in [0.3, 0.4) is 0 Å². The number of amides is 1. The van der Waals surface area contributed by atoms with Gasteiger partial charge in [0.2, 0.25) is 0 Å². The highest BCUT2D eigenvalue weighted by molar-refractivity contribution is 5.97. The number of nitrogens with zero attached hydrogens (tertiary/aromatic N) is 3. The van der Waals surface area contributed by atoms with Crippen molar-refractivity contribution in [3.63, 3.8) is 0 Å². The van der Waals surface area contributed by atoms with Gasteiger partial charge in [-0.3, -0.25) is 10.6 Å². The third-order valence-electron chi connectivity index (χ3n) is 4.01. The molecule has 0 spiro atoms. The Morgan fingerprint density at radius 1 is 1.62 bits per heavy atom. The molecular formula is C14H23N5O2. The number of nitrogens with two attached hydrogens (primary N) is 1. The number of nitrogens with one attached hydrogen (secondary N) is 1. The average molecular weight is 293 g/mol. The van der Waals surface area contributed by atoms with E-state index in [1.807, 2.05) is 20.8 Å². The first-order chi connectivity index (χ1) is 9.99. The number of likely N-dealkylation sites (tertiary alicyclic amines) is 1. The standard InChI is InChI=1S/C14H23N5O2/c1-8(2)13-16-6-10(18-15)12(17-13)14(21)19-5-4-9(3)11(19)7-20/h6,8-9,11,18,20H,4-5,7,15H2,1-3H3. The molecule has 1 aromatic heterocycles. The molecule has 2 atom stereocenters. The van der Waals surface area contributed by atoms with Crippen molar-refractivity contribution < 1.29 is 9.90 Å². The quantitative estimate of drug-likeness (QED) is 0.558. The van der Waals surface area contributed by atoms with Crippen LogP contribution >= 0.6 is 0 Å². The number of carbonyl (C=O) groups excluding carboxylic acids is 1. The van der Waals surface area contributed by atoms with Crippen LogP contribution in [-0.2, 0) is 0 Å². The van der Waals surface area contributed by atoms with Crippen molar-refractivity contribution in [3.8, 4) is 0 Å². The molecule has 7 nitrogen and oxygen atoms in total. The van der Waals surface area contributed by atoms with E-state index >= 15 is 0 Å². The molecular weight excluding hydrogens is 270 g/mol. The van der Waals surface area contributed by atoms with Gasteiger partial charge in [-0.2, -0.15) is 0 Å². The van der Waals surface area contributed by atoms with Crippen LogP contribution in [0.4, 0.5) is 5.69 Å². The van der Waals surface area contributed by atoms with Crippen LogP contribution in [0.1, 0.15) is 49.4 Å². The zero-order valence-corrected chi connectivity index (χ0v) is 12.7. The summed E-state index contributed by atoms with van der Waals surface area (Å²) in [5, 5.41) is 9.51. The van der Waals surface area contributed by atoms with Crippen molar-refractivity contribution in [2.75, 3.05) is 18.6 Å². The largest absolute Gasteiger partial charge is 0.394 e. The van der Waals surface area contributed by atoms with Gasteiger partial charge in [0.15, 0.2) is 5.69 Å². The normalized spacial score (nSPS) is 21.9. The summed E-state index contributed by atoms with van der Waals surface area (Å²) < 4.78 is 0. The lowest BCUT2D eigenvalue weighted by Crippen LogP contribution is -2.40. The number of aliphatic hydroxyl groups is 1. The van der Waals surface area contributed by atoms with E-state index < -0.39 is 0 Å². The molecule has 0 aliphatic carbocycles. The molecule has 1 aromatic rings. The number of carbonyl (C=O) groups is 1. The number of anilines is 1. The smallest absolute Gasteiger partial charge is 0.275 e. The lowest BCUT2D eigenvalue weighted by molar-refractivity contribution is 0.0643. The number of hydrogen-bond acceptors (Lipinski definition) is 6. The van der Waals surface area contributed by atoms with Crippen molar-refractivity contribution in [1.82, 2.24) is 14.9 Å². The van der Waals surface area contributed by atoms with Gasteiger partial charge in [-0.1, -0.05) is 20.8 Å². The first-order valence-electron chi connectivity index (χ1n) is 7.25. The van der Waals surface area contributed by atoms with Crippen LogP contribution in [0.25, 0.3) is 0 Å². The topological polar surface area (TPSA) is 104 Å². The fraction of sp³-hybridized carbons (Fsp3) is 0.643. The van der Waals surface area contributed by atoms with Crippen LogP contribution in [0.5, 0.6) is 0 Å². The van der Waals surface area contributed by atoms with Crippen LogP contribution in [0, 0.1) is 5.92 Å². The number of aromatic nitrogens is 2. The predicted molar refractivity (Wildman–Crippen MR) is 79.6 cm³/mol. The molecule has 2 heterocycles. The summed E-state index contributed by atoms with van der Waals surface area (Å²) in [6.45, 7) is 6.55. The van der Waals surface area contributed by atoms with Gasteiger partial charge in [-0.15, -0.1) is 0 Å². The zero-order chi connectivity index (χ0) is 15.6. The molecule has 21 heavy (non-hydrogen) atoms. The summed E-state index contributed by atoms with van der Waals surface area (Å²) in [5.74, 6) is 6.24. The zero-order valence-electron chi connectivity index (χ0n) is 12.7. The highest BCUT2D eigenvalue weighted by Crippen LogP contribution is 2.27. The molecule has 1 fully saturated rings. The molecule has 4 N–H and O–H groups in total. The van der Waals surface area contributed by atoms with Gasteiger partial charge in [0.05, 0.1) is 24.5 Å². The van der Waals surface area contributed by atoms with Gasteiger partial charge in [0, 0.05) is 12.5 Å². The van der Waals surface area contributed by atoms with E-state index in [9.17, 15) is 9.90 Å². The summed E-state index contributed by atoms with van der Waals surface area (Å²) in [6.07, 6.45) is 2.41. The first kappa shape index (κ1) is 15.7. The molecule has 2 rings (SSSR count). The maximum atomic E-state index is 12.7. The van der Waals surface area contributed by atoms with Crippen molar-refractivity contribution in [2.45, 2.75) is 39.2 Å². The Morgan fingerprint density at radius 2 is 2.33 bits per heavy atom. The number of aliphatic hydroxyl groups excluding tert-OH is 1. The molecule has 0 bridgehead atoms. The van der Waals surface area contributed by atoms with Gasteiger partial charge in [0.1, 0.15) is 5.82 Å². The van der Waals surface area contributed by atoms with Crippen molar-refractivity contribution in [1.29, 1.82) is 0 Å². The summed E-state index contributed by atoms with van der Waals surface area (Å²) in [5.41, 5.74) is 3.15. The summed E-state index contributed by atoms with van der Waals surface area (Å²) in [4.78, 5) is 23.0. The Kier molecular flexibility index (Phi) is 4.74. The molecule has 7 heteroatoms. The second-order valence-corrected chi connectivity index (χ2v) is 5.80. The number of hydrazine groups is 1. The van der Waals surface area contributed by atoms with Crippen LogP contribution < -0.4 is 11.3 Å². The molecule has 1 aliphatic heterocycles. The van der Waals surface area contributed by atoms with E-state index in [0.717, 1.165) is 6.42 Å². The Bertz CT molecular complexity index is 520. The first-order valence-corrected chi connectivity index (χ1v) is 7.25. The molecule has 1 amide bonds. The highest BCUT2D eigenvalue weighted by Gasteiger charge is 2.35. The minimum Gasteiger partial charge on any atom is -0.394 e. The molecule has 1 aliphatic rings. The molecule has 116 valence electrons. The van der Waals surface area contributed by atoms with Crippen LogP contribution in [0.15, 0.2) is 6.20 Å². The fourth-order valence-electron chi connectivity index (χ4n) is 2.62. The maximum absolute atomic E-state index is 12.7. The number of nitrogen functional groups attached to an aromatic ring is 1. The molecule has 2 unspecified atom stereocenters. The van der Waals surface area contributed by atoms with E-state index in [0.29, 0.717) is 18.1 Å². The van der Waals surface area contributed by atoms with Gasteiger partial charge < -0.3 is 15.4 Å². The van der Waals surface area contributed by atoms with E-state index in [1.54, 1.807) is 4.90 Å². The summed E-state index contributed by atoms with van der Waals surface area (Å²) >= 11 is 0. The van der Waals surface area contributed by atoms with Gasteiger partial charge in [0.25, 0.3) is 5.91 Å². The second-order valence-electron chi connectivity index (χ2n) is 5.80. The highest BCUT2D eigenvalue weighted by atomic mass is 16.3. The van der Waals surface area contributed by atoms with Gasteiger partial charge in [-0.05, 0) is 12.3 Å². The minimum atomic E-state index is -0.212. The minimum absolute atomic E-state index is 0.0413. The third kappa shape index (κ3) is 2.98. The lowest BCUT2D eigenvalue weighted by Gasteiger charge is -2.25. The van der Waals surface area contributed by atoms with Gasteiger partial charge >= 0.3 is 0 Å². The molecule has 1 saturated heterocycles. The van der Waals surface area contributed by atoms with Crippen LogP contribution in [0.2, 0.25) is 0 Å². The molecule has 0 radical (unpaired) electrons. The molecule has 0 aromatic carbocycles. The lowest BCUT2D eigenvalue weighted by atomic mass is 10.0. The SMILES string of the molecule is CC(C)c1ncc(NN)c(C(=O)N2CCC(C)C2CO)n1. The van der Waals surface area contributed by atoms with Crippen LogP contribution in [-0.4, -0.2) is 45.1 Å². The monoisotopic (exact) mass is 293 g/mol. The number of hydrogen-bond donors (Lipinski definition) is 3. The Labute approximate surface area is 124 Å². The fourth-order valence-corrected chi connectivity index (χ4v) is 2.62. The number of rotatable bonds is 4. The molecule has 0 saturated carbocycles. The maximum Gasteiger partial charge on any atom is 0.275 e.